The standard InChI is InChI=1S/C7H12O2.C6H5F/c8-7(9)6-4-2-1-3-5-6;7-6-4-2-1-3-5-6/h6H,1-5H2,(H,8,9);1-5H. The van der Waals surface area contributed by atoms with Crippen molar-refractivity contribution in [1.29, 1.82) is 0 Å². The summed E-state index contributed by atoms with van der Waals surface area (Å²) < 4.78 is 11.9. The summed E-state index contributed by atoms with van der Waals surface area (Å²) in [4.78, 5) is 10.4. The summed E-state index contributed by atoms with van der Waals surface area (Å²) in [6, 6.07) is 7.94. The van der Waals surface area contributed by atoms with Crippen molar-refractivity contribution in [3.05, 3.63) is 36.1 Å². The molecule has 2 nitrogen and oxygen atoms in total. The lowest BCUT2D eigenvalue weighted by atomic mass is 9.90. The van der Waals surface area contributed by atoms with Crippen LogP contribution >= 0.6 is 0 Å². The number of carboxylic acids is 1. The van der Waals surface area contributed by atoms with Crippen molar-refractivity contribution in [1.82, 2.24) is 0 Å². The molecule has 0 unspecified atom stereocenters. The first kappa shape index (κ1) is 12.7. The molecule has 0 amide bonds. The van der Waals surface area contributed by atoms with Gasteiger partial charge < -0.3 is 5.11 Å². The summed E-state index contributed by atoms with van der Waals surface area (Å²) in [7, 11) is 0. The van der Waals surface area contributed by atoms with Crippen molar-refractivity contribution in [3.63, 3.8) is 0 Å². The van der Waals surface area contributed by atoms with E-state index in [2.05, 4.69) is 0 Å². The third kappa shape index (κ3) is 4.91. The number of rotatable bonds is 1. The maximum atomic E-state index is 11.9. The number of carboxylic acid groups (broad SMARTS) is 1. The fraction of sp³-hybridized carbons (Fsp3) is 0.462. The molecule has 0 saturated heterocycles. The van der Waals surface area contributed by atoms with Crippen LogP contribution in [0.1, 0.15) is 32.1 Å². The molecule has 1 aromatic rings. The summed E-state index contributed by atoms with van der Waals surface area (Å²) in [5.41, 5.74) is 0. The van der Waals surface area contributed by atoms with Crippen molar-refractivity contribution in [2.45, 2.75) is 32.1 Å². The Morgan fingerprint density at radius 1 is 1.12 bits per heavy atom. The Kier molecular flexibility index (Phi) is 5.54. The zero-order valence-corrected chi connectivity index (χ0v) is 9.23. The second kappa shape index (κ2) is 6.99. The number of hydrogen-bond donors (Lipinski definition) is 1. The van der Waals surface area contributed by atoms with Crippen LogP contribution in [0.4, 0.5) is 4.39 Å². The van der Waals surface area contributed by atoms with E-state index in [9.17, 15) is 9.18 Å². The molecule has 88 valence electrons. The second-order valence-corrected chi connectivity index (χ2v) is 3.97. The summed E-state index contributed by atoms with van der Waals surface area (Å²) in [6.07, 6.45) is 5.24. The van der Waals surface area contributed by atoms with Crippen LogP contribution in [0.2, 0.25) is 0 Å². The molecule has 1 fully saturated rings. The molecule has 3 heteroatoms. The number of aliphatic carboxylic acids is 1. The van der Waals surface area contributed by atoms with E-state index in [-0.39, 0.29) is 11.7 Å². The van der Waals surface area contributed by atoms with E-state index >= 15 is 0 Å². The average Bonchev–Trinajstić information content (AvgIpc) is 2.32. The van der Waals surface area contributed by atoms with E-state index in [0.29, 0.717) is 0 Å². The molecule has 1 aliphatic carbocycles. The second-order valence-electron chi connectivity index (χ2n) is 3.97. The Bertz CT molecular complexity index is 305. The summed E-state index contributed by atoms with van der Waals surface area (Å²) >= 11 is 0. The van der Waals surface area contributed by atoms with E-state index < -0.39 is 5.97 Å². The SMILES string of the molecule is Fc1ccccc1.O=C(O)C1CCCCC1. The predicted octanol–water partition coefficient (Wildman–Crippen LogP) is 3.48. The van der Waals surface area contributed by atoms with Gasteiger partial charge in [-0.2, -0.15) is 0 Å². The van der Waals surface area contributed by atoms with E-state index in [1.807, 2.05) is 0 Å². The fourth-order valence-corrected chi connectivity index (χ4v) is 1.76. The molecule has 0 radical (unpaired) electrons. The highest BCUT2D eigenvalue weighted by molar-refractivity contribution is 5.69. The predicted molar refractivity (Wildman–Crippen MR) is 60.6 cm³/mol. The molecule has 1 aliphatic rings. The highest BCUT2D eigenvalue weighted by atomic mass is 19.1. The van der Waals surface area contributed by atoms with Crippen LogP contribution in [0.15, 0.2) is 30.3 Å². The molecule has 0 bridgehead atoms. The normalized spacial score (nSPS) is 16.1. The van der Waals surface area contributed by atoms with Crippen LogP contribution in [-0.4, -0.2) is 11.1 Å². The molecule has 1 saturated carbocycles. The van der Waals surface area contributed by atoms with Crippen LogP contribution in [0.25, 0.3) is 0 Å². The quantitative estimate of drug-likeness (QED) is 0.793. The summed E-state index contributed by atoms with van der Waals surface area (Å²) in [5, 5.41) is 8.54. The van der Waals surface area contributed by atoms with Crippen LogP contribution < -0.4 is 0 Å². The van der Waals surface area contributed by atoms with Crippen molar-refractivity contribution >= 4 is 5.97 Å². The number of hydrogen-bond acceptors (Lipinski definition) is 1. The minimum Gasteiger partial charge on any atom is -0.481 e. The van der Waals surface area contributed by atoms with Crippen LogP contribution in [-0.2, 0) is 4.79 Å². The van der Waals surface area contributed by atoms with Crippen molar-refractivity contribution in [2.24, 2.45) is 5.92 Å². The monoisotopic (exact) mass is 224 g/mol. The van der Waals surface area contributed by atoms with Crippen LogP contribution in [0.3, 0.4) is 0 Å². The number of carbonyl (C=O) groups is 1. The first-order chi connectivity index (χ1) is 7.70. The Labute approximate surface area is 95.1 Å². The lowest BCUT2D eigenvalue weighted by molar-refractivity contribution is -0.142. The van der Waals surface area contributed by atoms with Gasteiger partial charge in [-0.25, -0.2) is 4.39 Å². The van der Waals surface area contributed by atoms with Crippen molar-refractivity contribution < 1.29 is 14.3 Å². The van der Waals surface area contributed by atoms with E-state index in [4.69, 9.17) is 5.11 Å². The molecule has 0 aliphatic heterocycles. The molecular formula is C13H17FO2. The summed E-state index contributed by atoms with van der Waals surface area (Å²) in [5.74, 6) is -0.809. The van der Waals surface area contributed by atoms with Crippen molar-refractivity contribution in [2.75, 3.05) is 0 Å². The minimum absolute atomic E-state index is 0.0289. The Balaban J connectivity index is 0.000000165. The highest BCUT2D eigenvalue weighted by Gasteiger charge is 2.19. The number of halogens is 1. The average molecular weight is 224 g/mol. The first-order valence-electron chi connectivity index (χ1n) is 5.63. The van der Waals surface area contributed by atoms with Gasteiger partial charge in [-0.1, -0.05) is 37.5 Å². The first-order valence-corrected chi connectivity index (χ1v) is 5.63. The number of benzene rings is 1. The molecule has 2 rings (SSSR count). The molecule has 0 spiro atoms. The molecule has 0 atom stereocenters. The van der Waals surface area contributed by atoms with E-state index in [0.717, 1.165) is 25.7 Å². The molecule has 16 heavy (non-hydrogen) atoms. The van der Waals surface area contributed by atoms with Gasteiger partial charge in [0.15, 0.2) is 0 Å². The van der Waals surface area contributed by atoms with Gasteiger partial charge in [0.25, 0.3) is 0 Å². The van der Waals surface area contributed by atoms with Crippen LogP contribution in [0, 0.1) is 11.7 Å². The Morgan fingerprint density at radius 2 is 1.69 bits per heavy atom. The fourth-order valence-electron chi connectivity index (χ4n) is 1.76. The zero-order valence-electron chi connectivity index (χ0n) is 9.23. The maximum absolute atomic E-state index is 11.9. The van der Waals surface area contributed by atoms with Crippen LogP contribution in [0.5, 0.6) is 0 Å². The van der Waals surface area contributed by atoms with Gasteiger partial charge in [-0.05, 0) is 25.0 Å². The molecule has 1 aromatic carbocycles. The molecule has 1 N–H and O–H groups in total. The summed E-state index contributed by atoms with van der Waals surface area (Å²) in [6.45, 7) is 0. The van der Waals surface area contributed by atoms with Gasteiger partial charge >= 0.3 is 5.97 Å². The Morgan fingerprint density at radius 3 is 2.00 bits per heavy atom. The maximum Gasteiger partial charge on any atom is 0.306 e. The lowest BCUT2D eigenvalue weighted by Gasteiger charge is -2.16. The largest absolute Gasteiger partial charge is 0.481 e. The smallest absolute Gasteiger partial charge is 0.306 e. The Hall–Kier alpha value is -1.38. The molecular weight excluding hydrogens is 207 g/mol. The highest BCUT2D eigenvalue weighted by Crippen LogP contribution is 2.23. The third-order valence-electron chi connectivity index (χ3n) is 2.69. The van der Waals surface area contributed by atoms with Gasteiger partial charge in [0.05, 0.1) is 5.92 Å². The zero-order chi connectivity index (χ0) is 11.8. The van der Waals surface area contributed by atoms with Gasteiger partial charge in [-0.3, -0.25) is 4.79 Å². The van der Waals surface area contributed by atoms with Gasteiger partial charge in [-0.15, -0.1) is 0 Å². The topological polar surface area (TPSA) is 37.3 Å². The van der Waals surface area contributed by atoms with Gasteiger partial charge in [0.1, 0.15) is 5.82 Å². The van der Waals surface area contributed by atoms with Crippen molar-refractivity contribution in [3.8, 4) is 0 Å². The van der Waals surface area contributed by atoms with Gasteiger partial charge in [0.2, 0.25) is 0 Å². The minimum atomic E-state index is -0.602. The lowest BCUT2D eigenvalue weighted by Crippen LogP contribution is -2.16. The van der Waals surface area contributed by atoms with E-state index in [1.54, 1.807) is 18.2 Å². The molecule has 0 aromatic heterocycles. The third-order valence-corrected chi connectivity index (χ3v) is 2.69. The van der Waals surface area contributed by atoms with Gasteiger partial charge in [0, 0.05) is 0 Å². The molecule has 0 heterocycles. The van der Waals surface area contributed by atoms with E-state index in [1.165, 1.54) is 18.6 Å².